The van der Waals surface area contributed by atoms with E-state index in [2.05, 4.69) is 4.98 Å². The number of hydrazine groups is 1. The summed E-state index contributed by atoms with van der Waals surface area (Å²) in [7, 11) is 1.70. The molecule has 0 bridgehead atoms. The van der Waals surface area contributed by atoms with Crippen LogP contribution in [-0.2, 0) is 6.54 Å². The van der Waals surface area contributed by atoms with E-state index in [1.807, 2.05) is 17.7 Å². The highest BCUT2D eigenvalue weighted by atomic mass is 32.1. The summed E-state index contributed by atoms with van der Waals surface area (Å²) in [6, 6.07) is 6.44. The first-order valence-electron chi connectivity index (χ1n) is 6.28. The second kappa shape index (κ2) is 6.47. The fraction of sp³-hybridized carbons (Fsp3) is 0.214. The summed E-state index contributed by atoms with van der Waals surface area (Å²) in [6.07, 6.45) is 0. The highest BCUT2D eigenvalue weighted by Crippen LogP contribution is 2.13. The van der Waals surface area contributed by atoms with Crippen molar-refractivity contribution < 1.29 is 9.59 Å². The molecular weight excluding hydrogens is 288 g/mol. The number of thiazole rings is 1. The first-order chi connectivity index (χ1) is 10.0. The Labute approximate surface area is 126 Å². The van der Waals surface area contributed by atoms with E-state index in [-0.39, 0.29) is 5.91 Å². The number of aromatic nitrogens is 1. The molecule has 0 saturated heterocycles. The van der Waals surface area contributed by atoms with E-state index in [1.165, 1.54) is 17.4 Å². The van der Waals surface area contributed by atoms with Crippen LogP contribution in [0.1, 0.15) is 31.4 Å². The zero-order valence-corrected chi connectivity index (χ0v) is 12.6. The third-order valence-electron chi connectivity index (χ3n) is 2.89. The predicted molar refractivity (Wildman–Crippen MR) is 80.7 cm³/mol. The Morgan fingerprint density at radius 3 is 2.71 bits per heavy atom. The minimum absolute atomic E-state index is 0.172. The van der Waals surface area contributed by atoms with Gasteiger partial charge in [-0.25, -0.2) is 10.8 Å². The largest absolute Gasteiger partial charge is 0.335 e. The van der Waals surface area contributed by atoms with Crippen LogP contribution >= 0.6 is 11.3 Å². The van der Waals surface area contributed by atoms with Crippen molar-refractivity contribution in [1.82, 2.24) is 15.3 Å². The van der Waals surface area contributed by atoms with Gasteiger partial charge in [0, 0.05) is 29.2 Å². The lowest BCUT2D eigenvalue weighted by atomic mass is 10.1. The number of nitrogens with two attached hydrogens (primary N) is 1. The van der Waals surface area contributed by atoms with Crippen LogP contribution in [0.4, 0.5) is 0 Å². The summed E-state index contributed by atoms with van der Waals surface area (Å²) in [4.78, 5) is 29.7. The van der Waals surface area contributed by atoms with Gasteiger partial charge in [-0.15, -0.1) is 11.3 Å². The molecule has 2 rings (SSSR count). The van der Waals surface area contributed by atoms with Gasteiger partial charge in [0.05, 0.1) is 6.54 Å². The van der Waals surface area contributed by atoms with E-state index in [9.17, 15) is 9.59 Å². The number of rotatable bonds is 4. The fourth-order valence-corrected chi connectivity index (χ4v) is 2.67. The van der Waals surface area contributed by atoms with Crippen LogP contribution in [0.25, 0.3) is 0 Å². The zero-order valence-electron chi connectivity index (χ0n) is 11.8. The number of benzene rings is 1. The van der Waals surface area contributed by atoms with E-state index >= 15 is 0 Å². The zero-order chi connectivity index (χ0) is 15.4. The van der Waals surface area contributed by atoms with Gasteiger partial charge >= 0.3 is 0 Å². The van der Waals surface area contributed by atoms with Gasteiger partial charge in [0.25, 0.3) is 11.8 Å². The van der Waals surface area contributed by atoms with Crippen molar-refractivity contribution in [2.24, 2.45) is 5.84 Å². The van der Waals surface area contributed by atoms with Crippen LogP contribution in [0.3, 0.4) is 0 Å². The van der Waals surface area contributed by atoms with E-state index in [0.29, 0.717) is 17.7 Å². The van der Waals surface area contributed by atoms with Gasteiger partial charge in [-0.2, -0.15) is 0 Å². The summed E-state index contributed by atoms with van der Waals surface area (Å²) in [5.41, 5.74) is 3.77. The molecule has 1 aromatic heterocycles. The number of nitrogen functional groups attached to an aromatic ring is 1. The lowest BCUT2D eigenvalue weighted by Gasteiger charge is -2.16. The lowest BCUT2D eigenvalue weighted by Crippen LogP contribution is -2.30. The number of nitrogens with one attached hydrogen (secondary N) is 1. The molecule has 0 atom stereocenters. The minimum Gasteiger partial charge on any atom is -0.335 e. The molecule has 6 nitrogen and oxygen atoms in total. The van der Waals surface area contributed by atoms with E-state index in [0.717, 1.165) is 10.7 Å². The monoisotopic (exact) mass is 304 g/mol. The third kappa shape index (κ3) is 3.65. The van der Waals surface area contributed by atoms with Crippen LogP contribution in [0.5, 0.6) is 0 Å². The van der Waals surface area contributed by atoms with Crippen molar-refractivity contribution in [2.45, 2.75) is 13.5 Å². The highest BCUT2D eigenvalue weighted by molar-refractivity contribution is 7.09. The molecular formula is C14H16N4O2S. The van der Waals surface area contributed by atoms with E-state index in [4.69, 9.17) is 5.84 Å². The molecule has 3 N–H and O–H groups in total. The molecule has 7 heteroatoms. The van der Waals surface area contributed by atoms with Gasteiger partial charge < -0.3 is 4.90 Å². The van der Waals surface area contributed by atoms with Crippen LogP contribution in [0, 0.1) is 6.92 Å². The average molecular weight is 304 g/mol. The van der Waals surface area contributed by atoms with Crippen molar-refractivity contribution in [3.05, 3.63) is 51.5 Å². The topological polar surface area (TPSA) is 88.3 Å². The van der Waals surface area contributed by atoms with Crippen LogP contribution in [0.15, 0.2) is 29.6 Å². The SMILES string of the molecule is Cc1csc(CN(C)C(=O)c2cccc(C(=O)NN)c2)n1. The smallest absolute Gasteiger partial charge is 0.265 e. The third-order valence-corrected chi connectivity index (χ3v) is 3.84. The maximum absolute atomic E-state index is 12.4. The van der Waals surface area contributed by atoms with Crippen LogP contribution < -0.4 is 11.3 Å². The minimum atomic E-state index is -0.428. The number of carbonyl (C=O) groups excluding carboxylic acids is 2. The second-order valence-corrected chi connectivity index (χ2v) is 5.54. The summed E-state index contributed by atoms with van der Waals surface area (Å²) in [6.45, 7) is 2.35. The molecule has 1 heterocycles. The van der Waals surface area contributed by atoms with Gasteiger partial charge in [-0.1, -0.05) is 6.07 Å². The molecule has 0 unspecified atom stereocenters. The Bertz CT molecular complexity index is 668. The standard InChI is InChI=1S/C14H16N4O2S/c1-9-8-21-12(16-9)7-18(2)14(20)11-5-3-4-10(6-11)13(19)17-15/h3-6,8H,7,15H2,1-2H3,(H,17,19). The van der Waals surface area contributed by atoms with Crippen molar-refractivity contribution in [3.8, 4) is 0 Å². The molecule has 0 spiro atoms. The van der Waals surface area contributed by atoms with Crippen LogP contribution in [0.2, 0.25) is 0 Å². The van der Waals surface area contributed by atoms with Crippen LogP contribution in [-0.4, -0.2) is 28.7 Å². The number of aryl methyl sites for hydroxylation is 1. The van der Waals surface area contributed by atoms with E-state index < -0.39 is 5.91 Å². The van der Waals surface area contributed by atoms with Gasteiger partial charge in [0.2, 0.25) is 0 Å². The molecule has 1 aromatic carbocycles. The molecule has 0 saturated carbocycles. The van der Waals surface area contributed by atoms with Crippen molar-refractivity contribution in [1.29, 1.82) is 0 Å². The molecule has 0 aliphatic rings. The van der Waals surface area contributed by atoms with Gasteiger partial charge in [0.15, 0.2) is 0 Å². The fourth-order valence-electron chi connectivity index (χ4n) is 1.85. The first-order valence-corrected chi connectivity index (χ1v) is 7.16. The van der Waals surface area contributed by atoms with Crippen molar-refractivity contribution >= 4 is 23.2 Å². The Kier molecular flexibility index (Phi) is 4.66. The van der Waals surface area contributed by atoms with Gasteiger partial charge in [0.1, 0.15) is 5.01 Å². The number of nitrogens with zero attached hydrogens (tertiary/aromatic N) is 2. The molecule has 0 aliphatic carbocycles. The van der Waals surface area contributed by atoms with Crippen molar-refractivity contribution in [3.63, 3.8) is 0 Å². The Hall–Kier alpha value is -2.25. The number of hydrogen-bond acceptors (Lipinski definition) is 5. The highest BCUT2D eigenvalue weighted by Gasteiger charge is 2.15. The Balaban J connectivity index is 2.13. The first kappa shape index (κ1) is 15.1. The molecule has 0 aliphatic heterocycles. The molecule has 110 valence electrons. The summed E-state index contributed by atoms with van der Waals surface area (Å²) < 4.78 is 0. The summed E-state index contributed by atoms with van der Waals surface area (Å²) in [5, 5.41) is 2.82. The Morgan fingerprint density at radius 2 is 2.10 bits per heavy atom. The maximum Gasteiger partial charge on any atom is 0.265 e. The molecule has 2 aromatic rings. The normalized spacial score (nSPS) is 10.2. The summed E-state index contributed by atoms with van der Waals surface area (Å²) in [5.74, 6) is 4.49. The number of hydrogen-bond donors (Lipinski definition) is 2. The van der Waals surface area contributed by atoms with Gasteiger partial charge in [-0.3, -0.25) is 15.0 Å². The molecule has 21 heavy (non-hydrogen) atoms. The maximum atomic E-state index is 12.4. The Morgan fingerprint density at radius 1 is 1.38 bits per heavy atom. The second-order valence-electron chi connectivity index (χ2n) is 4.60. The lowest BCUT2D eigenvalue weighted by molar-refractivity contribution is 0.0785. The quantitative estimate of drug-likeness (QED) is 0.506. The number of amides is 2. The predicted octanol–water partition coefficient (Wildman–Crippen LogP) is 1.33. The van der Waals surface area contributed by atoms with Gasteiger partial charge in [-0.05, 0) is 25.1 Å². The van der Waals surface area contributed by atoms with Crippen molar-refractivity contribution in [2.75, 3.05) is 7.05 Å². The van der Waals surface area contributed by atoms with E-state index in [1.54, 1.807) is 30.1 Å². The average Bonchev–Trinajstić information content (AvgIpc) is 2.90. The summed E-state index contributed by atoms with van der Waals surface area (Å²) >= 11 is 1.52. The molecule has 0 radical (unpaired) electrons. The molecule has 2 amide bonds. The molecule has 0 fully saturated rings. The number of carbonyl (C=O) groups is 2.